The number of hydrogen-bond donors (Lipinski definition) is 2. The highest BCUT2D eigenvalue weighted by atomic mass is 19.4. The zero-order chi connectivity index (χ0) is 15.9. The van der Waals surface area contributed by atoms with Gasteiger partial charge in [0.15, 0.2) is 0 Å². The Hall–Kier alpha value is -1.96. The minimum Gasteiger partial charge on any atom is -0.493 e. The fourth-order valence-electron chi connectivity index (χ4n) is 1.55. The fraction of sp³-hybridized carbons (Fsp3) is 0.462. The van der Waals surface area contributed by atoms with Crippen LogP contribution in [0.2, 0.25) is 0 Å². The third kappa shape index (κ3) is 5.90. The van der Waals surface area contributed by atoms with Crippen LogP contribution in [0.25, 0.3) is 0 Å². The molecule has 1 aromatic rings. The summed E-state index contributed by atoms with van der Waals surface area (Å²) in [4.78, 5) is 11.1. The van der Waals surface area contributed by atoms with Crippen molar-refractivity contribution < 1.29 is 32.6 Å². The van der Waals surface area contributed by atoms with E-state index in [1.165, 1.54) is 6.07 Å². The van der Waals surface area contributed by atoms with Gasteiger partial charge in [0.2, 0.25) is 0 Å². The molecule has 0 fully saturated rings. The Balaban J connectivity index is 2.60. The molecule has 2 N–H and O–H groups in total. The van der Waals surface area contributed by atoms with Crippen LogP contribution in [0, 0.1) is 0 Å². The molecule has 0 radical (unpaired) electrons. The second-order valence-electron chi connectivity index (χ2n) is 4.11. The zero-order valence-electron chi connectivity index (χ0n) is 11.4. The van der Waals surface area contributed by atoms with Crippen molar-refractivity contribution in [1.29, 1.82) is 0 Å². The lowest BCUT2D eigenvalue weighted by Gasteiger charge is -2.12. The molecule has 8 heteroatoms. The minimum atomic E-state index is -4.55. The molecule has 1 aromatic carbocycles. The van der Waals surface area contributed by atoms with Gasteiger partial charge in [-0.2, -0.15) is 13.2 Å². The van der Waals surface area contributed by atoms with Crippen LogP contribution < -0.4 is 10.2 Å². The summed E-state index contributed by atoms with van der Waals surface area (Å²) < 4.78 is 47.8. The molecule has 0 bridgehead atoms. The number of carbonyl (C=O) groups is 1. The summed E-state index contributed by atoms with van der Waals surface area (Å²) in [5, 5.41) is 8.72. The van der Waals surface area contributed by atoms with Gasteiger partial charge in [-0.25, -0.2) is 0 Å². The number of rotatable bonds is 7. The zero-order valence-corrected chi connectivity index (χ0v) is 11.4. The van der Waals surface area contributed by atoms with Gasteiger partial charge < -0.3 is 9.47 Å². The van der Waals surface area contributed by atoms with E-state index in [1.807, 2.05) is 0 Å². The first kappa shape index (κ1) is 17.1. The highest BCUT2D eigenvalue weighted by molar-refractivity contribution is 5.69. The first-order valence-electron chi connectivity index (χ1n) is 6.27. The Kier molecular flexibility index (Phi) is 6.29. The molecule has 0 aliphatic rings. The van der Waals surface area contributed by atoms with Crippen LogP contribution in [0.1, 0.15) is 25.3 Å². The Morgan fingerprint density at radius 2 is 2.05 bits per heavy atom. The van der Waals surface area contributed by atoms with Crippen LogP contribution in [0.3, 0.4) is 0 Å². The van der Waals surface area contributed by atoms with Crippen molar-refractivity contribution in [3.8, 4) is 5.75 Å². The maximum Gasteiger partial charge on any atom is 0.416 e. The summed E-state index contributed by atoms with van der Waals surface area (Å²) in [6, 6.07) is 2.80. The maximum absolute atomic E-state index is 12.6. The Labute approximate surface area is 119 Å². The average molecular weight is 307 g/mol. The number of carbonyl (C=O) groups excluding carboxylic acids is 1. The lowest BCUT2D eigenvalue weighted by Crippen LogP contribution is -2.09. The largest absolute Gasteiger partial charge is 0.493 e. The molecule has 0 amide bonds. The van der Waals surface area contributed by atoms with E-state index >= 15 is 0 Å². The molecule has 0 saturated heterocycles. The number of hydrogen-bond acceptors (Lipinski definition) is 5. The molecule has 0 aliphatic heterocycles. The SMILES string of the molecule is CCOC(=O)CCCOc1cc(NO)cc(C(F)(F)F)c1. The predicted molar refractivity (Wildman–Crippen MR) is 68.2 cm³/mol. The Morgan fingerprint density at radius 1 is 1.33 bits per heavy atom. The van der Waals surface area contributed by atoms with Gasteiger partial charge in [-0.3, -0.25) is 15.5 Å². The number of halogens is 3. The van der Waals surface area contributed by atoms with E-state index in [0.717, 1.165) is 12.1 Å². The molecule has 21 heavy (non-hydrogen) atoms. The summed E-state index contributed by atoms with van der Waals surface area (Å²) in [7, 11) is 0. The van der Waals surface area contributed by atoms with Crippen molar-refractivity contribution >= 4 is 11.7 Å². The molecular formula is C13H16F3NO4. The third-order valence-electron chi connectivity index (χ3n) is 2.46. The van der Waals surface area contributed by atoms with Crippen LogP contribution in [0.15, 0.2) is 18.2 Å². The highest BCUT2D eigenvalue weighted by Gasteiger charge is 2.31. The van der Waals surface area contributed by atoms with Crippen LogP contribution >= 0.6 is 0 Å². The topological polar surface area (TPSA) is 67.8 Å². The van der Waals surface area contributed by atoms with Crippen LogP contribution in [-0.4, -0.2) is 24.4 Å². The van der Waals surface area contributed by atoms with E-state index in [9.17, 15) is 18.0 Å². The van der Waals surface area contributed by atoms with Crippen molar-refractivity contribution in [2.24, 2.45) is 0 Å². The van der Waals surface area contributed by atoms with Crippen molar-refractivity contribution in [2.45, 2.75) is 25.9 Å². The number of alkyl halides is 3. The maximum atomic E-state index is 12.6. The van der Waals surface area contributed by atoms with Gasteiger partial charge in [0.05, 0.1) is 24.5 Å². The first-order valence-corrected chi connectivity index (χ1v) is 6.27. The van der Waals surface area contributed by atoms with E-state index in [1.54, 1.807) is 12.4 Å². The van der Waals surface area contributed by atoms with E-state index < -0.39 is 11.7 Å². The molecule has 0 heterocycles. The molecule has 0 unspecified atom stereocenters. The van der Waals surface area contributed by atoms with Crippen molar-refractivity contribution in [3.63, 3.8) is 0 Å². The van der Waals surface area contributed by atoms with Crippen LogP contribution in [0.4, 0.5) is 18.9 Å². The van der Waals surface area contributed by atoms with E-state index in [4.69, 9.17) is 14.7 Å². The number of esters is 1. The molecule has 118 valence electrons. The van der Waals surface area contributed by atoms with Crippen LogP contribution in [-0.2, 0) is 15.7 Å². The van der Waals surface area contributed by atoms with Gasteiger partial charge in [-0.1, -0.05) is 0 Å². The second kappa shape index (κ2) is 7.72. The number of nitrogens with one attached hydrogen (secondary N) is 1. The molecular weight excluding hydrogens is 291 g/mol. The summed E-state index contributed by atoms with van der Waals surface area (Å²) in [5.74, 6) is -0.437. The number of ether oxygens (including phenoxy) is 2. The molecule has 0 aromatic heterocycles. The van der Waals surface area contributed by atoms with E-state index in [-0.39, 0.29) is 37.0 Å². The Morgan fingerprint density at radius 3 is 2.62 bits per heavy atom. The summed E-state index contributed by atoms with van der Waals surface area (Å²) in [6.45, 7) is 2.02. The summed E-state index contributed by atoms with van der Waals surface area (Å²) in [5.41, 5.74) is 0.574. The molecule has 5 nitrogen and oxygen atoms in total. The van der Waals surface area contributed by atoms with Crippen molar-refractivity contribution in [2.75, 3.05) is 18.7 Å². The molecule has 0 atom stereocenters. The minimum absolute atomic E-state index is 0.0507. The van der Waals surface area contributed by atoms with Gasteiger partial charge in [0.1, 0.15) is 5.75 Å². The lowest BCUT2D eigenvalue weighted by molar-refractivity contribution is -0.143. The molecule has 0 saturated carbocycles. The van der Waals surface area contributed by atoms with Gasteiger partial charge in [-0.05, 0) is 25.5 Å². The second-order valence-corrected chi connectivity index (χ2v) is 4.11. The smallest absolute Gasteiger partial charge is 0.416 e. The number of benzene rings is 1. The van der Waals surface area contributed by atoms with Crippen molar-refractivity contribution in [1.82, 2.24) is 0 Å². The van der Waals surface area contributed by atoms with Gasteiger partial charge in [0, 0.05) is 12.5 Å². The number of anilines is 1. The van der Waals surface area contributed by atoms with Gasteiger partial charge in [0.25, 0.3) is 0 Å². The van der Waals surface area contributed by atoms with Gasteiger partial charge >= 0.3 is 12.1 Å². The Bertz CT molecular complexity index is 477. The molecule has 0 aliphatic carbocycles. The molecule has 1 rings (SSSR count). The third-order valence-corrected chi connectivity index (χ3v) is 2.46. The monoisotopic (exact) mass is 307 g/mol. The lowest BCUT2D eigenvalue weighted by atomic mass is 10.2. The highest BCUT2D eigenvalue weighted by Crippen LogP contribution is 2.34. The van der Waals surface area contributed by atoms with Crippen molar-refractivity contribution in [3.05, 3.63) is 23.8 Å². The predicted octanol–water partition coefficient (Wildman–Crippen LogP) is 3.23. The quantitative estimate of drug-likeness (QED) is 0.460. The molecule has 0 spiro atoms. The summed E-state index contributed by atoms with van der Waals surface area (Å²) in [6.07, 6.45) is -4.11. The van der Waals surface area contributed by atoms with Crippen LogP contribution in [0.5, 0.6) is 5.75 Å². The average Bonchev–Trinajstić information content (AvgIpc) is 2.42. The van der Waals surface area contributed by atoms with E-state index in [2.05, 4.69) is 0 Å². The standard InChI is InChI=1S/C13H16F3NO4/c1-2-20-12(18)4-3-5-21-11-7-9(13(14,15)16)6-10(8-11)17-19/h6-8,17,19H,2-5H2,1H3. The van der Waals surface area contributed by atoms with Gasteiger partial charge in [-0.15, -0.1) is 0 Å². The summed E-state index contributed by atoms with van der Waals surface area (Å²) >= 11 is 0. The van der Waals surface area contributed by atoms with E-state index in [0.29, 0.717) is 6.42 Å². The fourth-order valence-corrected chi connectivity index (χ4v) is 1.55. The first-order chi connectivity index (χ1) is 9.86. The normalized spacial score (nSPS) is 11.1.